The van der Waals surface area contributed by atoms with E-state index in [2.05, 4.69) is 5.32 Å². The molecule has 0 fully saturated rings. The number of halogens is 2. The molecule has 0 heterocycles. The average molecular weight is 592 g/mol. The third-order valence-corrected chi connectivity index (χ3v) is 8.99. The molecule has 0 aromatic heterocycles. The molecule has 4 rings (SSSR count). The van der Waals surface area contributed by atoms with Crippen LogP contribution in [-0.4, -0.2) is 55.4 Å². The highest BCUT2D eigenvalue weighted by Crippen LogP contribution is 2.28. The molecule has 1 atom stereocenters. The fourth-order valence-electron chi connectivity index (χ4n) is 4.46. The molecule has 206 valence electrons. The molecule has 1 aliphatic rings. The fourth-order valence-corrected chi connectivity index (χ4v) is 6.59. The molecule has 3 aromatic carbocycles. The van der Waals surface area contributed by atoms with Crippen molar-refractivity contribution in [2.45, 2.75) is 36.6 Å². The second-order valence-electron chi connectivity index (χ2n) is 9.19. The van der Waals surface area contributed by atoms with E-state index >= 15 is 0 Å². The molecule has 39 heavy (non-hydrogen) atoms. The van der Waals surface area contributed by atoms with Crippen molar-refractivity contribution in [3.8, 4) is 5.75 Å². The Balaban J connectivity index is 1.50. The molecule has 11 heteroatoms. The molecule has 0 spiro atoms. The number of benzene rings is 3. The van der Waals surface area contributed by atoms with Gasteiger partial charge in [0.25, 0.3) is 0 Å². The number of aryl methyl sites for hydroxylation is 2. The Labute approximate surface area is 237 Å². The highest BCUT2D eigenvalue weighted by atomic mass is 35.5. The van der Waals surface area contributed by atoms with Gasteiger partial charge in [-0.25, -0.2) is 13.2 Å². The van der Waals surface area contributed by atoms with Crippen molar-refractivity contribution in [1.82, 2.24) is 9.62 Å². The lowest BCUT2D eigenvalue weighted by molar-refractivity contribution is -0.141. The predicted octanol–water partition coefficient (Wildman–Crippen LogP) is 4.36. The number of hydrogen-bond donors (Lipinski definition) is 2. The summed E-state index contributed by atoms with van der Waals surface area (Å²) in [7, 11) is -4.27. The van der Waals surface area contributed by atoms with Gasteiger partial charge in [0.05, 0.1) is 11.6 Å². The summed E-state index contributed by atoms with van der Waals surface area (Å²) in [6.45, 7) is -0.849. The minimum atomic E-state index is -4.27. The average Bonchev–Trinajstić information content (AvgIpc) is 3.36. The van der Waals surface area contributed by atoms with Gasteiger partial charge in [-0.3, -0.25) is 4.79 Å². The number of carboxylic acids is 1. The number of carboxylic acid groups (broad SMARTS) is 1. The molecule has 2 N–H and O–H groups in total. The number of amides is 1. The van der Waals surface area contributed by atoms with E-state index in [1.54, 1.807) is 30.3 Å². The Morgan fingerprint density at radius 2 is 1.74 bits per heavy atom. The van der Waals surface area contributed by atoms with Crippen LogP contribution in [0.25, 0.3) is 0 Å². The lowest BCUT2D eigenvalue weighted by atomic mass is 10.1. The molecule has 1 amide bonds. The molecule has 1 unspecified atom stereocenters. The maximum Gasteiger partial charge on any atom is 0.326 e. The van der Waals surface area contributed by atoms with Crippen LogP contribution in [0.2, 0.25) is 10.0 Å². The number of carbonyl (C=O) groups is 2. The number of hydrogen-bond acceptors (Lipinski definition) is 5. The van der Waals surface area contributed by atoms with Crippen LogP contribution in [0.1, 0.15) is 23.1 Å². The summed E-state index contributed by atoms with van der Waals surface area (Å²) in [5.41, 5.74) is 3.21. The van der Waals surface area contributed by atoms with Crippen LogP contribution in [0.4, 0.5) is 0 Å². The van der Waals surface area contributed by atoms with E-state index in [-0.39, 0.29) is 34.5 Å². The molecule has 8 nitrogen and oxygen atoms in total. The van der Waals surface area contributed by atoms with Crippen LogP contribution < -0.4 is 10.1 Å². The molecule has 0 bridgehead atoms. The van der Waals surface area contributed by atoms with E-state index in [4.69, 9.17) is 27.9 Å². The number of aliphatic carboxylic acids is 1. The van der Waals surface area contributed by atoms with Gasteiger partial charge in [-0.15, -0.1) is 0 Å². The molecule has 0 saturated heterocycles. The van der Waals surface area contributed by atoms with Gasteiger partial charge in [-0.1, -0.05) is 59.6 Å². The topological polar surface area (TPSA) is 113 Å². The summed E-state index contributed by atoms with van der Waals surface area (Å²) >= 11 is 12.1. The van der Waals surface area contributed by atoms with Crippen LogP contribution in [-0.2, 0) is 38.9 Å². The summed E-state index contributed by atoms with van der Waals surface area (Å²) in [5, 5.41) is 12.3. The van der Waals surface area contributed by atoms with E-state index in [9.17, 15) is 23.1 Å². The molecule has 0 radical (unpaired) electrons. The van der Waals surface area contributed by atoms with Gasteiger partial charge in [0.2, 0.25) is 15.9 Å². The van der Waals surface area contributed by atoms with E-state index < -0.39 is 34.5 Å². The lowest BCUT2D eigenvalue weighted by Gasteiger charge is -2.24. The number of ether oxygens (including phenoxy) is 1. The van der Waals surface area contributed by atoms with Crippen LogP contribution in [0.5, 0.6) is 5.75 Å². The van der Waals surface area contributed by atoms with Gasteiger partial charge < -0.3 is 15.2 Å². The second kappa shape index (κ2) is 12.8. The van der Waals surface area contributed by atoms with Crippen molar-refractivity contribution < 1.29 is 27.9 Å². The van der Waals surface area contributed by atoms with E-state index in [1.165, 1.54) is 29.3 Å². The summed E-state index contributed by atoms with van der Waals surface area (Å²) in [5.74, 6) is -1.40. The minimum absolute atomic E-state index is 0.0388. The van der Waals surface area contributed by atoms with E-state index in [0.717, 1.165) is 23.6 Å². The van der Waals surface area contributed by atoms with Gasteiger partial charge in [0.15, 0.2) is 0 Å². The Hall–Kier alpha value is -3.11. The van der Waals surface area contributed by atoms with Crippen LogP contribution >= 0.6 is 23.2 Å². The van der Waals surface area contributed by atoms with Crippen molar-refractivity contribution >= 4 is 45.1 Å². The predicted molar refractivity (Wildman–Crippen MR) is 149 cm³/mol. The molecule has 0 saturated carbocycles. The Kier molecular flexibility index (Phi) is 9.50. The SMILES string of the molecule is O=C(CN(CCOc1ccc2c(c1)CCC2)S(=O)(=O)c1ccc(Cl)cc1Cl)NC(Cc1ccccc1)C(=O)O. The third kappa shape index (κ3) is 7.51. The van der Waals surface area contributed by atoms with Gasteiger partial charge in [-0.2, -0.15) is 4.31 Å². The number of sulfonamides is 1. The number of nitrogens with zero attached hydrogens (tertiary/aromatic N) is 1. The zero-order chi connectivity index (χ0) is 28.0. The summed E-state index contributed by atoms with van der Waals surface area (Å²) in [4.78, 5) is 24.6. The highest BCUT2D eigenvalue weighted by molar-refractivity contribution is 7.89. The fraction of sp³-hybridized carbons (Fsp3) is 0.286. The van der Waals surface area contributed by atoms with Crippen molar-refractivity contribution in [2.75, 3.05) is 19.7 Å². The Morgan fingerprint density at radius 1 is 1.00 bits per heavy atom. The zero-order valence-electron chi connectivity index (χ0n) is 21.0. The van der Waals surface area contributed by atoms with Crippen LogP contribution in [0.15, 0.2) is 71.6 Å². The molecular formula is C28H28Cl2N2O6S. The largest absolute Gasteiger partial charge is 0.492 e. The number of nitrogens with one attached hydrogen (secondary N) is 1. The van der Waals surface area contributed by atoms with Gasteiger partial charge in [0, 0.05) is 18.0 Å². The first-order chi connectivity index (χ1) is 18.6. The summed E-state index contributed by atoms with van der Waals surface area (Å²) in [6.07, 6.45) is 3.12. The highest BCUT2D eigenvalue weighted by Gasteiger charge is 2.30. The van der Waals surface area contributed by atoms with Crippen LogP contribution in [0, 0.1) is 0 Å². The third-order valence-electron chi connectivity index (χ3n) is 6.43. The molecule has 3 aromatic rings. The van der Waals surface area contributed by atoms with Gasteiger partial charge in [-0.05, 0) is 66.3 Å². The van der Waals surface area contributed by atoms with Crippen LogP contribution in [0.3, 0.4) is 0 Å². The standard InChI is InChI=1S/C28H28Cl2N2O6S/c29-22-10-12-26(24(30)17-22)39(36,37)32(13-14-38-23-11-9-20-7-4-8-21(20)16-23)18-27(33)31-25(28(34)35)15-19-5-2-1-3-6-19/h1-3,5-6,9-12,16-17,25H,4,7-8,13-15,18H2,(H,31,33)(H,34,35). The summed E-state index contributed by atoms with van der Waals surface area (Å²) in [6, 6.07) is 17.3. The van der Waals surface area contributed by atoms with Gasteiger partial charge >= 0.3 is 5.97 Å². The number of carbonyl (C=O) groups excluding carboxylic acids is 1. The summed E-state index contributed by atoms with van der Waals surface area (Å²) < 4.78 is 33.9. The normalized spacial score (nSPS) is 13.6. The first-order valence-corrected chi connectivity index (χ1v) is 14.6. The second-order valence-corrected chi connectivity index (χ2v) is 11.9. The molecule has 1 aliphatic carbocycles. The van der Waals surface area contributed by atoms with Gasteiger partial charge in [0.1, 0.15) is 23.3 Å². The minimum Gasteiger partial charge on any atom is -0.492 e. The lowest BCUT2D eigenvalue weighted by Crippen LogP contribution is -2.48. The van der Waals surface area contributed by atoms with E-state index in [0.29, 0.717) is 11.3 Å². The quantitative estimate of drug-likeness (QED) is 0.324. The maximum absolute atomic E-state index is 13.6. The number of fused-ring (bicyclic) bond motifs is 1. The first kappa shape index (κ1) is 28.9. The molecule has 0 aliphatic heterocycles. The zero-order valence-corrected chi connectivity index (χ0v) is 23.3. The molecular weight excluding hydrogens is 563 g/mol. The van der Waals surface area contributed by atoms with Crippen molar-refractivity contribution in [2.24, 2.45) is 0 Å². The Bertz CT molecular complexity index is 1450. The van der Waals surface area contributed by atoms with Crippen molar-refractivity contribution in [3.63, 3.8) is 0 Å². The maximum atomic E-state index is 13.6. The Morgan fingerprint density at radius 3 is 2.46 bits per heavy atom. The van der Waals surface area contributed by atoms with E-state index in [1.807, 2.05) is 18.2 Å². The monoisotopic (exact) mass is 590 g/mol. The smallest absolute Gasteiger partial charge is 0.326 e. The first-order valence-electron chi connectivity index (χ1n) is 12.4. The van der Waals surface area contributed by atoms with Crippen molar-refractivity contribution in [1.29, 1.82) is 0 Å². The van der Waals surface area contributed by atoms with Crippen molar-refractivity contribution in [3.05, 3.63) is 93.5 Å². The number of rotatable bonds is 12.